The minimum absolute atomic E-state index is 0.0464. The number of nitrogens with two attached hydrogens (primary N) is 2. The highest BCUT2D eigenvalue weighted by Crippen LogP contribution is 2.23. The zero-order valence-corrected chi connectivity index (χ0v) is 55.9. The first kappa shape index (κ1) is 74.3. The van der Waals surface area contributed by atoms with Gasteiger partial charge in [0.1, 0.15) is 54.4 Å². The summed E-state index contributed by atoms with van der Waals surface area (Å²) in [5, 5.41) is 47.8. The van der Waals surface area contributed by atoms with E-state index in [1.165, 1.54) is 31.1 Å². The number of aliphatic hydroxyl groups excluding tert-OH is 1. The Labute approximate surface area is 567 Å². The Morgan fingerprint density at radius 1 is 0.629 bits per heavy atom. The summed E-state index contributed by atoms with van der Waals surface area (Å²) in [6.07, 6.45) is 3.83. The number of nitrogens with one attached hydrogen (secondary N) is 11. The molecule has 10 amide bonds. The molecular formula is C68H88ClN17O11. The Hall–Kier alpha value is -10.1. The number of pyridine rings is 1. The van der Waals surface area contributed by atoms with Crippen molar-refractivity contribution in [2.75, 3.05) is 30.7 Å². The molecule has 97 heavy (non-hydrogen) atoms. The minimum Gasteiger partial charge on any atom is -0.394 e. The molecule has 6 aromatic rings. The lowest BCUT2D eigenvalue weighted by molar-refractivity contribution is -0.142. The van der Waals surface area contributed by atoms with Crippen LogP contribution in [0.2, 0.25) is 5.02 Å². The number of anilines is 3. The molecule has 1 aliphatic rings. The van der Waals surface area contributed by atoms with E-state index in [1.807, 2.05) is 70.2 Å². The zero-order valence-electron chi connectivity index (χ0n) is 55.2. The molecule has 0 bridgehead atoms. The zero-order chi connectivity index (χ0) is 70.3. The summed E-state index contributed by atoms with van der Waals surface area (Å²) in [6.45, 7) is 9.90. The lowest BCUT2D eigenvalue weighted by atomic mass is 9.99. The van der Waals surface area contributed by atoms with Crippen LogP contribution in [0.25, 0.3) is 10.8 Å². The highest BCUT2D eigenvalue weighted by Gasteiger charge is 2.40. The number of H-pyrrole nitrogens is 1. The highest BCUT2D eigenvalue weighted by molar-refractivity contribution is 6.30. The van der Waals surface area contributed by atoms with E-state index in [0.717, 1.165) is 16.3 Å². The van der Waals surface area contributed by atoms with Crippen molar-refractivity contribution in [2.24, 2.45) is 11.7 Å². The van der Waals surface area contributed by atoms with Crippen LogP contribution in [0.4, 0.5) is 17.6 Å². The van der Waals surface area contributed by atoms with E-state index in [2.05, 4.69) is 73.3 Å². The van der Waals surface area contributed by atoms with Crippen molar-refractivity contribution in [3.63, 3.8) is 0 Å². The third kappa shape index (κ3) is 23.1. The SMILES string of the molecule is CC(=O)N[C@H](Cc1ccc2ccccc2c1)C(=O)N[C@H](Cc1ccc(Cl)cc1)C(=O)N[C@H](Cc1cccnc1)C(=O)N[C@@H](CO)C(=O)NC(Cc1ccc(Nc2n[nH]c(N)n2)cc1)C(=O)N[C@@H](CC(C)C)C(=O)NC(CCCNC(C)C)C(=O)N1CCC[C@H]1C(=O)N[C@H](C)C(N)=O. The van der Waals surface area contributed by atoms with Gasteiger partial charge in [0.15, 0.2) is 0 Å². The lowest BCUT2D eigenvalue weighted by Crippen LogP contribution is -2.61. The third-order valence-electron chi connectivity index (χ3n) is 16.1. The third-order valence-corrected chi connectivity index (χ3v) is 16.4. The maximum absolute atomic E-state index is 15.0. The number of fused-ring (bicyclic) bond motifs is 1. The molecule has 7 rings (SSSR count). The minimum atomic E-state index is -1.78. The molecule has 1 fully saturated rings. The lowest BCUT2D eigenvalue weighted by Gasteiger charge is -2.31. The number of benzene rings is 4. The smallest absolute Gasteiger partial charge is 0.248 e. The molecule has 4 aromatic carbocycles. The van der Waals surface area contributed by atoms with E-state index in [0.29, 0.717) is 53.2 Å². The van der Waals surface area contributed by atoms with Crippen LogP contribution in [0.1, 0.15) is 95.9 Å². The molecule has 2 unspecified atom stereocenters. The number of hydrogen-bond donors (Lipinski definition) is 14. The molecule has 1 saturated heterocycles. The summed E-state index contributed by atoms with van der Waals surface area (Å²) in [5.41, 5.74) is 13.9. The van der Waals surface area contributed by atoms with Crippen LogP contribution in [-0.2, 0) is 73.6 Å². The first-order valence-electron chi connectivity index (χ1n) is 32.3. The van der Waals surface area contributed by atoms with Crippen LogP contribution in [-0.4, -0.2) is 169 Å². The second-order valence-electron chi connectivity index (χ2n) is 24.9. The van der Waals surface area contributed by atoms with Gasteiger partial charge in [-0.25, -0.2) is 5.10 Å². The monoisotopic (exact) mass is 1350 g/mol. The van der Waals surface area contributed by atoms with Gasteiger partial charge in [0.25, 0.3) is 0 Å². The summed E-state index contributed by atoms with van der Waals surface area (Å²) in [4.78, 5) is 150. The fourth-order valence-corrected chi connectivity index (χ4v) is 11.2. The van der Waals surface area contributed by atoms with Gasteiger partial charge in [0.2, 0.25) is 71.0 Å². The van der Waals surface area contributed by atoms with Crippen LogP contribution >= 0.6 is 11.6 Å². The number of likely N-dealkylation sites (tertiary alicyclic amines) is 1. The van der Waals surface area contributed by atoms with Crippen molar-refractivity contribution < 1.29 is 53.1 Å². The molecule has 518 valence electrons. The number of hydrogen-bond acceptors (Lipinski definition) is 17. The average molecular weight is 1360 g/mol. The number of nitrogen functional groups attached to an aromatic ring is 1. The van der Waals surface area contributed by atoms with Gasteiger partial charge in [0.05, 0.1) is 6.61 Å². The first-order valence-corrected chi connectivity index (χ1v) is 32.7. The molecule has 3 heterocycles. The molecule has 16 N–H and O–H groups in total. The number of aromatic nitrogens is 4. The molecule has 0 spiro atoms. The normalized spacial score (nSPS) is 15.3. The standard InChI is InChI=1S/C68H88ClN17O11/c1-38(2)30-51(59(90)77-50(15-10-28-73-39(3)4)66(97)86-29-11-16-57(86)65(96)74-40(5)58(70)89)78-61(92)54(33-43-20-25-49(26-21-43)76-68-83-67(71)84-85-68)81-64(95)56(37-87)82-63(94)55(35-45-12-9-27-72-36-45)80-62(93)53(32-42-18-23-48(69)24-19-42)79-60(91)52(75-41(6)88)34-44-17-22-46-13-7-8-14-47(46)31-44/h7-9,12-14,17-27,31,36,38-40,50-57,73,87H,10-11,15-16,28-30,32-35,37H2,1-6H3,(H2,70,89)(H,74,96)(H,75,88)(H,77,90)(H,78,92)(H,79,91)(H,80,93)(H,81,95)(H,82,94)(H4,71,76,83,84,85)/t40-,50?,51+,52-,53-,54?,55-,56+,57+/m1/s1. The van der Waals surface area contributed by atoms with Gasteiger partial charge in [-0.05, 0) is 115 Å². The topological polar surface area (TPSA) is 421 Å². The summed E-state index contributed by atoms with van der Waals surface area (Å²) in [5.74, 6) is -7.55. The number of rotatable bonds is 35. The second-order valence-corrected chi connectivity index (χ2v) is 25.3. The Morgan fingerprint density at radius 3 is 1.72 bits per heavy atom. The van der Waals surface area contributed by atoms with Crippen molar-refractivity contribution in [3.05, 3.63) is 143 Å². The largest absolute Gasteiger partial charge is 0.394 e. The van der Waals surface area contributed by atoms with Gasteiger partial charge in [-0.15, -0.1) is 5.10 Å². The van der Waals surface area contributed by atoms with Crippen LogP contribution in [0.3, 0.4) is 0 Å². The molecular weight excluding hydrogens is 1270 g/mol. The van der Waals surface area contributed by atoms with Gasteiger partial charge < -0.3 is 74.6 Å². The molecule has 0 radical (unpaired) electrons. The second kappa shape index (κ2) is 36.2. The van der Waals surface area contributed by atoms with Crippen LogP contribution in [0.15, 0.2) is 116 Å². The number of halogens is 1. The number of amides is 10. The number of aromatic amines is 1. The number of primary amides is 1. The molecule has 28 nitrogen and oxygen atoms in total. The highest BCUT2D eigenvalue weighted by atomic mass is 35.5. The Morgan fingerprint density at radius 2 is 1.16 bits per heavy atom. The Kier molecular flexibility index (Phi) is 27.7. The number of nitrogens with zero attached hydrogens (tertiary/aromatic N) is 4. The van der Waals surface area contributed by atoms with Crippen molar-refractivity contribution in [1.82, 2.24) is 72.9 Å². The van der Waals surface area contributed by atoms with Gasteiger partial charge in [-0.3, -0.25) is 52.9 Å². The fourth-order valence-electron chi connectivity index (χ4n) is 11.1. The van der Waals surface area contributed by atoms with E-state index in [4.69, 9.17) is 23.1 Å². The molecule has 9 atom stereocenters. The van der Waals surface area contributed by atoms with E-state index in [9.17, 15) is 53.1 Å². The maximum Gasteiger partial charge on any atom is 0.248 e. The van der Waals surface area contributed by atoms with Crippen molar-refractivity contribution in [1.29, 1.82) is 0 Å². The van der Waals surface area contributed by atoms with E-state index < -0.39 is 120 Å². The predicted molar refractivity (Wildman–Crippen MR) is 365 cm³/mol. The summed E-state index contributed by atoms with van der Waals surface area (Å²) >= 11 is 6.24. The van der Waals surface area contributed by atoms with Crippen molar-refractivity contribution in [2.45, 2.75) is 160 Å². The molecule has 29 heteroatoms. The van der Waals surface area contributed by atoms with E-state index >= 15 is 0 Å². The number of aliphatic hydroxyl groups is 1. The summed E-state index contributed by atoms with van der Waals surface area (Å²) in [7, 11) is 0. The quantitative estimate of drug-likeness (QED) is 0.0252. The predicted octanol–water partition coefficient (Wildman–Crippen LogP) is 1.81. The molecule has 2 aromatic heterocycles. The van der Waals surface area contributed by atoms with Gasteiger partial charge >= 0.3 is 0 Å². The number of carbonyl (C=O) groups is 10. The van der Waals surface area contributed by atoms with Gasteiger partial charge in [-0.1, -0.05) is 112 Å². The van der Waals surface area contributed by atoms with Crippen molar-refractivity contribution >= 4 is 99.0 Å². The molecule has 0 saturated carbocycles. The van der Waals surface area contributed by atoms with Gasteiger partial charge in [0, 0.05) is 68.3 Å². The van der Waals surface area contributed by atoms with Gasteiger partial charge in [-0.2, -0.15) is 4.98 Å². The Balaban J connectivity index is 1.14. The average Bonchev–Trinajstić information content (AvgIpc) is 1.82. The summed E-state index contributed by atoms with van der Waals surface area (Å²) in [6, 6.07) is 18.0. The first-order chi connectivity index (χ1) is 46.3. The van der Waals surface area contributed by atoms with Crippen molar-refractivity contribution in [3.8, 4) is 0 Å². The van der Waals surface area contributed by atoms with E-state index in [-0.39, 0.29) is 68.9 Å². The van der Waals surface area contributed by atoms with Crippen LogP contribution in [0, 0.1) is 5.92 Å². The molecule has 0 aliphatic carbocycles. The maximum atomic E-state index is 15.0. The number of carbonyl (C=O) groups excluding carboxylic acids is 10. The van der Waals surface area contributed by atoms with Crippen LogP contribution in [0.5, 0.6) is 0 Å². The Bertz CT molecular complexity index is 3690. The van der Waals surface area contributed by atoms with E-state index in [1.54, 1.807) is 60.7 Å². The van der Waals surface area contributed by atoms with Crippen LogP contribution < -0.4 is 64.6 Å². The fraction of sp³-hybridized carbons (Fsp3) is 0.426. The summed E-state index contributed by atoms with van der Waals surface area (Å²) < 4.78 is 0. The molecule has 1 aliphatic heterocycles.